The predicted octanol–water partition coefficient (Wildman–Crippen LogP) is 3.80. The SMILES string of the molecule is COc1ccc(C=C2N=C(c3ccc(Br)cc3)OC2=O)cc1. The molecule has 4 nitrogen and oxygen atoms in total. The average molecular weight is 358 g/mol. The van der Waals surface area contributed by atoms with Gasteiger partial charge >= 0.3 is 5.97 Å². The minimum Gasteiger partial charge on any atom is -0.497 e. The summed E-state index contributed by atoms with van der Waals surface area (Å²) in [6.07, 6.45) is 1.69. The molecule has 110 valence electrons. The molecular formula is C17H12BrNO3. The highest BCUT2D eigenvalue weighted by atomic mass is 79.9. The van der Waals surface area contributed by atoms with Crippen molar-refractivity contribution >= 4 is 33.9 Å². The van der Waals surface area contributed by atoms with Gasteiger partial charge in [0.2, 0.25) is 5.90 Å². The van der Waals surface area contributed by atoms with Crippen molar-refractivity contribution in [2.75, 3.05) is 7.11 Å². The van der Waals surface area contributed by atoms with E-state index in [4.69, 9.17) is 9.47 Å². The molecule has 0 bridgehead atoms. The van der Waals surface area contributed by atoms with Crippen LogP contribution in [0.3, 0.4) is 0 Å². The summed E-state index contributed by atoms with van der Waals surface area (Å²) in [5.74, 6) is 0.626. The second-order valence-electron chi connectivity index (χ2n) is 4.62. The molecule has 0 saturated carbocycles. The maximum atomic E-state index is 11.9. The Morgan fingerprint density at radius 2 is 1.77 bits per heavy atom. The van der Waals surface area contributed by atoms with E-state index in [2.05, 4.69) is 20.9 Å². The summed E-state index contributed by atoms with van der Waals surface area (Å²) in [7, 11) is 1.61. The van der Waals surface area contributed by atoms with Crippen LogP contribution in [0.2, 0.25) is 0 Å². The molecule has 0 saturated heterocycles. The molecule has 5 heteroatoms. The van der Waals surface area contributed by atoms with Crippen molar-refractivity contribution in [1.82, 2.24) is 0 Å². The molecule has 22 heavy (non-hydrogen) atoms. The van der Waals surface area contributed by atoms with E-state index in [0.29, 0.717) is 5.90 Å². The molecular weight excluding hydrogens is 346 g/mol. The molecule has 1 aliphatic rings. The summed E-state index contributed by atoms with van der Waals surface area (Å²) in [5, 5.41) is 0. The zero-order valence-corrected chi connectivity index (χ0v) is 13.3. The molecule has 1 heterocycles. The Balaban J connectivity index is 1.88. The fraction of sp³-hybridized carbons (Fsp3) is 0.0588. The lowest BCUT2D eigenvalue weighted by Crippen LogP contribution is -2.05. The molecule has 0 atom stereocenters. The van der Waals surface area contributed by atoms with Gasteiger partial charge in [-0.3, -0.25) is 0 Å². The number of ether oxygens (including phenoxy) is 2. The topological polar surface area (TPSA) is 47.9 Å². The first-order chi connectivity index (χ1) is 10.7. The number of carbonyl (C=O) groups is 1. The second kappa shape index (κ2) is 6.15. The number of hydrogen-bond acceptors (Lipinski definition) is 4. The van der Waals surface area contributed by atoms with Crippen molar-refractivity contribution in [1.29, 1.82) is 0 Å². The number of methoxy groups -OCH3 is 1. The third-order valence-corrected chi connectivity index (χ3v) is 3.66. The second-order valence-corrected chi connectivity index (χ2v) is 5.53. The molecule has 1 aliphatic heterocycles. The van der Waals surface area contributed by atoms with Crippen LogP contribution in [0, 0.1) is 0 Å². The van der Waals surface area contributed by atoms with Gasteiger partial charge in [0.05, 0.1) is 7.11 Å². The van der Waals surface area contributed by atoms with Crippen LogP contribution in [0.1, 0.15) is 11.1 Å². The molecule has 0 fully saturated rings. The lowest BCUT2D eigenvalue weighted by Gasteiger charge is -1.99. The zero-order valence-electron chi connectivity index (χ0n) is 11.7. The Kier molecular flexibility index (Phi) is 4.06. The molecule has 0 unspecified atom stereocenters. The van der Waals surface area contributed by atoms with Gasteiger partial charge < -0.3 is 9.47 Å². The van der Waals surface area contributed by atoms with E-state index in [9.17, 15) is 4.79 Å². The van der Waals surface area contributed by atoms with E-state index in [0.717, 1.165) is 21.3 Å². The van der Waals surface area contributed by atoms with Crippen molar-refractivity contribution < 1.29 is 14.3 Å². The Labute approximate surface area is 136 Å². The molecule has 3 rings (SSSR count). The van der Waals surface area contributed by atoms with Crippen molar-refractivity contribution in [2.45, 2.75) is 0 Å². The minimum atomic E-state index is -0.450. The highest BCUT2D eigenvalue weighted by Gasteiger charge is 2.23. The standard InChI is InChI=1S/C17H12BrNO3/c1-21-14-8-2-11(3-9-14)10-15-17(20)22-16(19-15)12-4-6-13(18)7-5-12/h2-10H,1H3. The van der Waals surface area contributed by atoms with Crippen LogP contribution in [-0.4, -0.2) is 19.0 Å². The van der Waals surface area contributed by atoms with Crippen LogP contribution in [0.15, 0.2) is 63.7 Å². The van der Waals surface area contributed by atoms with Gasteiger partial charge in [-0.2, -0.15) is 0 Å². The third kappa shape index (κ3) is 3.09. The van der Waals surface area contributed by atoms with E-state index in [1.54, 1.807) is 13.2 Å². The normalized spacial score (nSPS) is 15.6. The van der Waals surface area contributed by atoms with Gasteiger partial charge in [-0.05, 0) is 48.0 Å². The smallest absolute Gasteiger partial charge is 0.363 e. The number of benzene rings is 2. The highest BCUT2D eigenvalue weighted by molar-refractivity contribution is 9.10. The van der Waals surface area contributed by atoms with Gasteiger partial charge in [-0.15, -0.1) is 0 Å². The number of esters is 1. The Bertz CT molecular complexity index is 761. The number of halogens is 1. The van der Waals surface area contributed by atoms with E-state index in [1.807, 2.05) is 48.5 Å². The molecule has 0 amide bonds. The van der Waals surface area contributed by atoms with Crippen LogP contribution in [0.5, 0.6) is 5.75 Å². The molecule has 0 aliphatic carbocycles. The molecule has 0 radical (unpaired) electrons. The van der Waals surface area contributed by atoms with Crippen LogP contribution in [0.4, 0.5) is 0 Å². The largest absolute Gasteiger partial charge is 0.497 e. The summed E-state index contributed by atoms with van der Waals surface area (Å²) >= 11 is 3.36. The van der Waals surface area contributed by atoms with E-state index >= 15 is 0 Å². The summed E-state index contributed by atoms with van der Waals surface area (Å²) in [5.41, 5.74) is 1.89. The Morgan fingerprint density at radius 1 is 1.09 bits per heavy atom. The van der Waals surface area contributed by atoms with Gasteiger partial charge in [0.25, 0.3) is 0 Å². The van der Waals surface area contributed by atoms with Gasteiger partial charge in [-0.1, -0.05) is 28.1 Å². The summed E-state index contributed by atoms with van der Waals surface area (Å²) in [4.78, 5) is 16.2. The first-order valence-corrected chi connectivity index (χ1v) is 7.37. The lowest BCUT2D eigenvalue weighted by atomic mass is 10.2. The van der Waals surface area contributed by atoms with Crippen LogP contribution in [-0.2, 0) is 9.53 Å². The van der Waals surface area contributed by atoms with Gasteiger partial charge in [0.15, 0.2) is 5.70 Å². The molecule has 2 aromatic rings. The van der Waals surface area contributed by atoms with Gasteiger partial charge in [-0.25, -0.2) is 9.79 Å². The predicted molar refractivity (Wildman–Crippen MR) is 87.7 cm³/mol. The molecule has 0 N–H and O–H groups in total. The number of rotatable bonds is 3. The number of aliphatic imine (C=N–C) groups is 1. The van der Waals surface area contributed by atoms with E-state index in [1.165, 1.54) is 0 Å². The minimum absolute atomic E-state index is 0.281. The van der Waals surface area contributed by atoms with Crippen LogP contribution in [0.25, 0.3) is 6.08 Å². The fourth-order valence-electron chi connectivity index (χ4n) is 1.98. The number of carbonyl (C=O) groups excluding carboxylic acids is 1. The summed E-state index contributed by atoms with van der Waals surface area (Å²) in [6.45, 7) is 0. The Morgan fingerprint density at radius 3 is 2.41 bits per heavy atom. The maximum absolute atomic E-state index is 11.9. The van der Waals surface area contributed by atoms with Crippen LogP contribution >= 0.6 is 15.9 Å². The van der Waals surface area contributed by atoms with E-state index in [-0.39, 0.29) is 5.70 Å². The number of hydrogen-bond donors (Lipinski definition) is 0. The van der Waals surface area contributed by atoms with E-state index < -0.39 is 5.97 Å². The molecule has 2 aromatic carbocycles. The van der Waals surface area contributed by atoms with Gasteiger partial charge in [0, 0.05) is 10.0 Å². The number of cyclic esters (lactones) is 1. The third-order valence-electron chi connectivity index (χ3n) is 3.13. The van der Waals surface area contributed by atoms with Gasteiger partial charge in [0.1, 0.15) is 5.75 Å². The van der Waals surface area contributed by atoms with Crippen molar-refractivity contribution in [3.63, 3.8) is 0 Å². The Hall–Kier alpha value is -2.40. The van der Waals surface area contributed by atoms with Crippen LogP contribution < -0.4 is 4.74 Å². The first kappa shape index (κ1) is 14.5. The first-order valence-electron chi connectivity index (χ1n) is 6.58. The number of nitrogens with zero attached hydrogens (tertiary/aromatic N) is 1. The lowest BCUT2D eigenvalue weighted by molar-refractivity contribution is -0.129. The van der Waals surface area contributed by atoms with Crippen molar-refractivity contribution in [3.05, 3.63) is 69.8 Å². The zero-order chi connectivity index (χ0) is 15.5. The molecule has 0 spiro atoms. The maximum Gasteiger partial charge on any atom is 0.363 e. The monoisotopic (exact) mass is 357 g/mol. The summed E-state index contributed by atoms with van der Waals surface area (Å²) < 4.78 is 11.3. The van der Waals surface area contributed by atoms with Crippen molar-refractivity contribution in [3.8, 4) is 5.75 Å². The van der Waals surface area contributed by atoms with Crippen molar-refractivity contribution in [2.24, 2.45) is 4.99 Å². The average Bonchev–Trinajstić information content (AvgIpc) is 2.90. The fourth-order valence-corrected chi connectivity index (χ4v) is 2.25. The highest BCUT2D eigenvalue weighted by Crippen LogP contribution is 2.21. The molecule has 0 aromatic heterocycles. The quantitative estimate of drug-likeness (QED) is 0.619. The summed E-state index contributed by atoms with van der Waals surface area (Å²) in [6, 6.07) is 14.8.